The molecule has 7 heteroatoms. The van der Waals surface area contributed by atoms with Gasteiger partial charge in [-0.25, -0.2) is 0 Å². The van der Waals surface area contributed by atoms with Crippen molar-refractivity contribution in [1.29, 1.82) is 0 Å². The van der Waals surface area contributed by atoms with Gasteiger partial charge in [-0.2, -0.15) is 9.78 Å². The highest BCUT2D eigenvalue weighted by molar-refractivity contribution is 6.02. The lowest BCUT2D eigenvalue weighted by atomic mass is 10.0. The molecule has 0 aliphatic rings. The van der Waals surface area contributed by atoms with Gasteiger partial charge in [0.1, 0.15) is 11.4 Å². The van der Waals surface area contributed by atoms with Crippen LogP contribution in [0.3, 0.4) is 0 Å². The van der Waals surface area contributed by atoms with Crippen molar-refractivity contribution in [2.45, 2.75) is 6.92 Å². The Morgan fingerprint density at radius 1 is 1.04 bits per heavy atom. The van der Waals surface area contributed by atoms with E-state index in [0.29, 0.717) is 17.0 Å². The highest BCUT2D eigenvalue weighted by Crippen LogP contribution is 2.25. The molecule has 7 nitrogen and oxygen atoms in total. The molecule has 0 fully saturated rings. The van der Waals surface area contributed by atoms with Gasteiger partial charge in [0, 0.05) is 23.5 Å². The summed E-state index contributed by atoms with van der Waals surface area (Å²) in [5, 5.41) is 24.4. The summed E-state index contributed by atoms with van der Waals surface area (Å²) in [6.07, 6.45) is 4.67. The van der Waals surface area contributed by atoms with Gasteiger partial charge < -0.3 is 5.11 Å². The number of hydrogen-bond acceptors (Lipinski definition) is 6. The monoisotopic (exact) mass is 357 g/mol. The predicted molar refractivity (Wildman–Crippen MR) is 103 cm³/mol. The first kappa shape index (κ1) is 16.6. The molecule has 0 unspecified atom stereocenters. The second-order valence-electron chi connectivity index (χ2n) is 5.93. The molecule has 0 aliphatic carbocycles. The zero-order chi connectivity index (χ0) is 18.8. The molecule has 0 bridgehead atoms. The van der Waals surface area contributed by atoms with E-state index in [-0.39, 0.29) is 17.0 Å². The van der Waals surface area contributed by atoms with Gasteiger partial charge in [-0.15, -0.1) is 10.2 Å². The van der Waals surface area contributed by atoms with Gasteiger partial charge in [-0.1, -0.05) is 30.3 Å². The van der Waals surface area contributed by atoms with Crippen LogP contribution in [-0.2, 0) is 0 Å². The molecule has 0 saturated carbocycles. The molecule has 4 rings (SSSR count). The van der Waals surface area contributed by atoms with Crippen molar-refractivity contribution in [2.24, 2.45) is 5.10 Å². The third-order valence-electron chi connectivity index (χ3n) is 4.19. The van der Waals surface area contributed by atoms with Crippen molar-refractivity contribution in [3.63, 3.8) is 0 Å². The molecule has 1 N–H and O–H groups in total. The minimum absolute atomic E-state index is 0.0784. The third-order valence-corrected chi connectivity index (χ3v) is 4.19. The Morgan fingerprint density at radius 3 is 2.63 bits per heavy atom. The number of hydrogen-bond donors (Lipinski definition) is 1. The molecule has 0 amide bonds. The van der Waals surface area contributed by atoms with E-state index in [0.717, 1.165) is 10.8 Å². The molecule has 4 aromatic rings. The summed E-state index contributed by atoms with van der Waals surface area (Å²) in [6.45, 7) is 1.58. The average Bonchev–Trinajstić information content (AvgIpc) is 2.71. The van der Waals surface area contributed by atoms with E-state index in [2.05, 4.69) is 20.3 Å². The molecule has 0 atom stereocenters. The Kier molecular flexibility index (Phi) is 4.18. The first-order chi connectivity index (χ1) is 13.1. The van der Waals surface area contributed by atoms with Gasteiger partial charge >= 0.3 is 0 Å². The minimum atomic E-state index is -0.382. The van der Waals surface area contributed by atoms with E-state index in [1.54, 1.807) is 37.5 Å². The lowest BCUT2D eigenvalue weighted by Gasteiger charge is -2.08. The summed E-state index contributed by atoms with van der Waals surface area (Å²) in [5.74, 6) is 0.374. The maximum atomic E-state index is 12.6. The number of aryl methyl sites for hydroxylation is 1. The summed E-state index contributed by atoms with van der Waals surface area (Å²) in [7, 11) is 0. The molecule has 27 heavy (non-hydrogen) atoms. The Bertz CT molecular complexity index is 1220. The van der Waals surface area contributed by atoms with Crippen molar-refractivity contribution < 1.29 is 5.11 Å². The first-order valence-electron chi connectivity index (χ1n) is 8.27. The number of rotatable bonds is 3. The van der Waals surface area contributed by atoms with Crippen molar-refractivity contribution in [3.8, 4) is 17.1 Å². The summed E-state index contributed by atoms with van der Waals surface area (Å²) in [4.78, 5) is 16.6. The van der Waals surface area contributed by atoms with Crippen molar-refractivity contribution in [1.82, 2.24) is 19.9 Å². The van der Waals surface area contributed by atoms with Crippen molar-refractivity contribution in [3.05, 3.63) is 82.5 Å². The number of fused-ring (bicyclic) bond motifs is 1. The van der Waals surface area contributed by atoms with E-state index in [1.165, 1.54) is 10.9 Å². The summed E-state index contributed by atoms with van der Waals surface area (Å²) in [5.41, 5.74) is 1.03. The number of pyridine rings is 1. The highest BCUT2D eigenvalue weighted by atomic mass is 16.3. The van der Waals surface area contributed by atoms with Crippen LogP contribution in [0.5, 0.6) is 5.75 Å². The SMILES string of the molecule is Cc1nnc(-c2ccncc2)n(/N=C/c2c(O)ccc3ccccc23)c1=O. The Morgan fingerprint density at radius 2 is 1.81 bits per heavy atom. The molecule has 0 aliphatic heterocycles. The first-order valence-corrected chi connectivity index (χ1v) is 8.27. The molecular weight excluding hydrogens is 342 g/mol. The standard InChI is InChI=1S/C20H15N5O2/c1-13-20(27)25(19(24-23-13)15-8-10-21-11-9-15)22-12-17-16-5-3-2-4-14(16)6-7-18(17)26/h2-12,26H,1H3/b22-12+. The van der Waals surface area contributed by atoms with Crippen molar-refractivity contribution in [2.75, 3.05) is 0 Å². The second kappa shape index (κ2) is 6.80. The maximum absolute atomic E-state index is 12.6. The fourth-order valence-corrected chi connectivity index (χ4v) is 2.78. The van der Waals surface area contributed by atoms with Crippen LogP contribution in [0.1, 0.15) is 11.3 Å². The highest BCUT2D eigenvalue weighted by Gasteiger charge is 2.11. The van der Waals surface area contributed by atoms with E-state index in [4.69, 9.17) is 0 Å². The lowest BCUT2D eigenvalue weighted by molar-refractivity contribution is 0.475. The molecule has 2 aromatic heterocycles. The quantitative estimate of drug-likeness (QED) is 0.569. The van der Waals surface area contributed by atoms with Crippen LogP contribution in [-0.4, -0.2) is 31.2 Å². The van der Waals surface area contributed by atoms with Crippen LogP contribution >= 0.6 is 0 Å². The topological polar surface area (TPSA) is 93.3 Å². The van der Waals surface area contributed by atoms with Crippen LogP contribution in [0, 0.1) is 6.92 Å². The summed E-state index contributed by atoms with van der Waals surface area (Å²) >= 11 is 0. The van der Waals surface area contributed by atoms with Crippen LogP contribution in [0.4, 0.5) is 0 Å². The molecule has 2 aromatic carbocycles. The zero-order valence-electron chi connectivity index (χ0n) is 14.4. The normalized spacial score (nSPS) is 11.3. The van der Waals surface area contributed by atoms with E-state index < -0.39 is 0 Å². The number of aromatic nitrogens is 4. The predicted octanol–water partition coefficient (Wildman–Crippen LogP) is 2.75. The molecule has 132 valence electrons. The largest absolute Gasteiger partial charge is 0.507 e. The minimum Gasteiger partial charge on any atom is -0.507 e. The molecule has 0 radical (unpaired) electrons. The van der Waals surface area contributed by atoms with Crippen LogP contribution < -0.4 is 5.56 Å². The summed E-state index contributed by atoms with van der Waals surface area (Å²) < 4.78 is 1.18. The Labute approximate surface area is 154 Å². The second-order valence-corrected chi connectivity index (χ2v) is 5.93. The Balaban J connectivity index is 1.90. The van der Waals surface area contributed by atoms with Gasteiger partial charge in [-0.3, -0.25) is 9.78 Å². The van der Waals surface area contributed by atoms with E-state index in [9.17, 15) is 9.90 Å². The van der Waals surface area contributed by atoms with E-state index >= 15 is 0 Å². The van der Waals surface area contributed by atoms with E-state index in [1.807, 2.05) is 30.3 Å². The van der Waals surface area contributed by atoms with Gasteiger partial charge in [0.15, 0.2) is 5.82 Å². The van der Waals surface area contributed by atoms with Gasteiger partial charge in [0.25, 0.3) is 5.56 Å². The van der Waals surface area contributed by atoms with Gasteiger partial charge in [0.05, 0.1) is 6.21 Å². The number of benzene rings is 2. The Hall–Kier alpha value is -3.87. The number of phenols is 1. The number of phenolic OH excluding ortho intramolecular Hbond substituents is 1. The van der Waals surface area contributed by atoms with Gasteiger partial charge in [0.2, 0.25) is 0 Å². The fourth-order valence-electron chi connectivity index (χ4n) is 2.78. The smallest absolute Gasteiger partial charge is 0.296 e. The third kappa shape index (κ3) is 3.06. The molecule has 2 heterocycles. The molecule has 0 spiro atoms. The number of aromatic hydroxyl groups is 1. The van der Waals surface area contributed by atoms with Crippen LogP contribution in [0.25, 0.3) is 22.2 Å². The van der Waals surface area contributed by atoms with Crippen LogP contribution in [0.15, 0.2) is 70.8 Å². The molecular formula is C20H15N5O2. The molecule has 0 saturated heterocycles. The number of nitrogens with zero attached hydrogens (tertiary/aromatic N) is 5. The van der Waals surface area contributed by atoms with Crippen LogP contribution in [0.2, 0.25) is 0 Å². The maximum Gasteiger partial charge on any atom is 0.296 e. The summed E-state index contributed by atoms with van der Waals surface area (Å²) in [6, 6.07) is 14.5. The lowest BCUT2D eigenvalue weighted by Crippen LogP contribution is -2.24. The van der Waals surface area contributed by atoms with Crippen molar-refractivity contribution >= 4 is 17.0 Å². The average molecular weight is 357 g/mol. The zero-order valence-corrected chi connectivity index (χ0v) is 14.4. The fraction of sp³-hybridized carbons (Fsp3) is 0.0500. The van der Waals surface area contributed by atoms with Gasteiger partial charge in [-0.05, 0) is 35.9 Å².